The first-order valence-corrected chi connectivity index (χ1v) is 12.9. The molecule has 0 atom stereocenters. The molecule has 0 fully saturated rings. The molecule has 0 aliphatic rings. The summed E-state index contributed by atoms with van der Waals surface area (Å²) in [4.78, 5) is 9.74. The van der Waals surface area contributed by atoms with Crippen LogP contribution in [0, 0.1) is 13.8 Å². The number of para-hydroxylation sites is 1. The molecule has 172 valence electrons. The number of nitrogens with zero attached hydrogens (tertiary/aromatic N) is 3. The van der Waals surface area contributed by atoms with Crippen molar-refractivity contribution in [3.63, 3.8) is 0 Å². The van der Waals surface area contributed by atoms with Gasteiger partial charge in [-0.25, -0.2) is 9.97 Å². The molecule has 4 heteroatoms. The van der Waals surface area contributed by atoms with E-state index in [9.17, 15) is 0 Å². The number of aromatic nitrogens is 3. The third-order valence-corrected chi connectivity index (χ3v) is 8.03. The van der Waals surface area contributed by atoms with E-state index in [0.717, 1.165) is 33.8 Å². The van der Waals surface area contributed by atoms with Crippen molar-refractivity contribution in [1.82, 2.24) is 14.5 Å². The molecule has 0 spiro atoms. The molecular weight excluding hydrogens is 458 g/mol. The number of hydrogen-bond acceptors (Lipinski definition) is 3. The van der Waals surface area contributed by atoms with Gasteiger partial charge in [0.25, 0.3) is 0 Å². The molecule has 0 unspecified atom stereocenters. The van der Waals surface area contributed by atoms with Crippen LogP contribution >= 0.6 is 11.3 Å². The molecule has 3 heterocycles. The molecule has 0 bridgehead atoms. The summed E-state index contributed by atoms with van der Waals surface area (Å²) in [6.07, 6.45) is 1.89. The van der Waals surface area contributed by atoms with Crippen LogP contribution in [-0.4, -0.2) is 14.5 Å². The lowest BCUT2D eigenvalue weighted by molar-refractivity contribution is 1.10. The summed E-state index contributed by atoms with van der Waals surface area (Å²) in [7, 11) is 0. The zero-order valence-electron chi connectivity index (χ0n) is 20.1. The molecule has 3 aromatic heterocycles. The normalized spacial score (nSPS) is 11.6. The van der Waals surface area contributed by atoms with Gasteiger partial charge in [0.2, 0.25) is 0 Å². The van der Waals surface area contributed by atoms with Crippen LogP contribution in [0.25, 0.3) is 59.5 Å². The van der Waals surface area contributed by atoms with Gasteiger partial charge in [0.15, 0.2) is 5.65 Å². The van der Waals surface area contributed by atoms with E-state index in [2.05, 4.69) is 114 Å². The van der Waals surface area contributed by atoms with E-state index < -0.39 is 0 Å². The van der Waals surface area contributed by atoms with Crippen LogP contribution < -0.4 is 0 Å². The summed E-state index contributed by atoms with van der Waals surface area (Å²) in [6, 6.07) is 34.5. The van der Waals surface area contributed by atoms with Gasteiger partial charge in [0, 0.05) is 37.6 Å². The number of hydrogen-bond donors (Lipinski definition) is 0. The van der Waals surface area contributed by atoms with E-state index in [-0.39, 0.29) is 0 Å². The van der Waals surface area contributed by atoms with Crippen LogP contribution in [0.1, 0.15) is 11.1 Å². The van der Waals surface area contributed by atoms with E-state index in [1.807, 2.05) is 23.6 Å². The molecule has 36 heavy (non-hydrogen) atoms. The molecule has 3 nitrogen and oxygen atoms in total. The monoisotopic (exact) mass is 481 g/mol. The molecular formula is C32H23N3S. The van der Waals surface area contributed by atoms with Crippen LogP contribution in [0.3, 0.4) is 0 Å². The maximum absolute atomic E-state index is 5.07. The fraction of sp³-hybridized carbons (Fsp3) is 0.0625. The maximum atomic E-state index is 5.07. The van der Waals surface area contributed by atoms with E-state index in [0.29, 0.717) is 0 Å². The molecule has 0 saturated heterocycles. The summed E-state index contributed by atoms with van der Waals surface area (Å²) in [5.41, 5.74) is 8.89. The Bertz CT molecular complexity index is 1900. The van der Waals surface area contributed by atoms with Crippen LogP contribution in [-0.2, 0) is 0 Å². The Balaban J connectivity index is 1.53. The Hall–Kier alpha value is -4.28. The van der Waals surface area contributed by atoms with Crippen LogP contribution in [0.2, 0.25) is 0 Å². The SMILES string of the molecule is Cc1cnc2nc(-c3ccc(C)c4c3sc3cc(-c5ccccc5)ccc34)n(-c3ccccc3)c2c1. The lowest BCUT2D eigenvalue weighted by Gasteiger charge is -2.11. The summed E-state index contributed by atoms with van der Waals surface area (Å²) < 4.78 is 4.80. The smallest absolute Gasteiger partial charge is 0.178 e. The third kappa shape index (κ3) is 3.26. The molecule has 0 radical (unpaired) electrons. The van der Waals surface area contributed by atoms with Gasteiger partial charge in [-0.05, 0) is 66.4 Å². The average Bonchev–Trinajstić information content (AvgIpc) is 3.48. The first kappa shape index (κ1) is 21.0. The van der Waals surface area contributed by atoms with Crippen LogP contribution in [0.4, 0.5) is 0 Å². The van der Waals surface area contributed by atoms with Gasteiger partial charge in [0.1, 0.15) is 5.82 Å². The van der Waals surface area contributed by atoms with Crippen molar-refractivity contribution in [3.05, 3.63) is 114 Å². The zero-order valence-corrected chi connectivity index (χ0v) is 20.9. The second-order valence-electron chi connectivity index (χ2n) is 9.27. The van der Waals surface area contributed by atoms with Gasteiger partial charge in [0.05, 0.1) is 5.52 Å². The molecule has 7 rings (SSSR count). The standard InChI is InChI=1S/C32H23N3S/c1-20-17-27-31(33-19-20)34-32(35(27)24-11-7-4-8-12-24)26-15-13-21(2)29-25-16-14-23(18-28(25)36-30(26)29)22-9-5-3-6-10-22/h3-19H,1-2H3. The van der Waals surface area contributed by atoms with Crippen molar-refractivity contribution >= 4 is 42.7 Å². The number of fused-ring (bicyclic) bond motifs is 4. The Morgan fingerprint density at radius 3 is 2.33 bits per heavy atom. The maximum Gasteiger partial charge on any atom is 0.178 e. The number of thiophene rings is 1. The number of imidazole rings is 1. The Morgan fingerprint density at radius 2 is 1.53 bits per heavy atom. The number of aryl methyl sites for hydroxylation is 2. The molecule has 4 aromatic carbocycles. The second-order valence-corrected chi connectivity index (χ2v) is 10.3. The van der Waals surface area contributed by atoms with Gasteiger partial charge in [-0.2, -0.15) is 0 Å². The molecule has 7 aromatic rings. The number of rotatable bonds is 3. The zero-order chi connectivity index (χ0) is 24.2. The van der Waals surface area contributed by atoms with E-state index >= 15 is 0 Å². The predicted octanol–water partition coefficient (Wildman–Crippen LogP) is 8.74. The minimum atomic E-state index is 0.764. The van der Waals surface area contributed by atoms with Crippen molar-refractivity contribution in [3.8, 4) is 28.2 Å². The summed E-state index contributed by atoms with van der Waals surface area (Å²) >= 11 is 1.85. The van der Waals surface area contributed by atoms with Crippen molar-refractivity contribution in [2.24, 2.45) is 0 Å². The van der Waals surface area contributed by atoms with Crippen molar-refractivity contribution in [2.75, 3.05) is 0 Å². The summed E-state index contributed by atoms with van der Waals surface area (Å²) in [5.74, 6) is 0.925. The Labute approximate surface area is 213 Å². The van der Waals surface area contributed by atoms with Gasteiger partial charge in [-0.1, -0.05) is 66.7 Å². The summed E-state index contributed by atoms with van der Waals surface area (Å²) in [6.45, 7) is 4.28. The quantitative estimate of drug-likeness (QED) is 0.253. The lowest BCUT2D eigenvalue weighted by Crippen LogP contribution is -1.98. The van der Waals surface area contributed by atoms with E-state index in [1.165, 1.54) is 36.9 Å². The first-order chi connectivity index (χ1) is 17.7. The van der Waals surface area contributed by atoms with Gasteiger partial charge < -0.3 is 0 Å². The molecule has 0 aliphatic carbocycles. The molecule has 0 saturated carbocycles. The van der Waals surface area contributed by atoms with Crippen molar-refractivity contribution in [1.29, 1.82) is 0 Å². The minimum Gasteiger partial charge on any atom is -0.291 e. The van der Waals surface area contributed by atoms with Crippen molar-refractivity contribution in [2.45, 2.75) is 13.8 Å². The highest BCUT2D eigenvalue weighted by atomic mass is 32.1. The van der Waals surface area contributed by atoms with Gasteiger partial charge in [-0.15, -0.1) is 11.3 Å². The fourth-order valence-electron chi connectivity index (χ4n) is 5.11. The van der Waals surface area contributed by atoms with E-state index in [1.54, 1.807) is 0 Å². The van der Waals surface area contributed by atoms with E-state index in [4.69, 9.17) is 4.98 Å². The van der Waals surface area contributed by atoms with Gasteiger partial charge in [-0.3, -0.25) is 4.57 Å². The second kappa shape index (κ2) is 8.14. The predicted molar refractivity (Wildman–Crippen MR) is 152 cm³/mol. The first-order valence-electron chi connectivity index (χ1n) is 12.1. The Kier molecular flexibility index (Phi) is 4.76. The largest absolute Gasteiger partial charge is 0.291 e. The molecule has 0 aliphatic heterocycles. The van der Waals surface area contributed by atoms with Crippen LogP contribution in [0.15, 0.2) is 103 Å². The highest BCUT2D eigenvalue weighted by molar-refractivity contribution is 7.26. The molecule has 0 N–H and O–H groups in total. The number of benzene rings is 4. The molecule has 0 amide bonds. The highest BCUT2D eigenvalue weighted by Gasteiger charge is 2.20. The average molecular weight is 482 g/mol. The topological polar surface area (TPSA) is 30.7 Å². The van der Waals surface area contributed by atoms with Crippen LogP contribution in [0.5, 0.6) is 0 Å². The fourth-order valence-corrected chi connectivity index (χ4v) is 6.44. The third-order valence-electron chi connectivity index (χ3n) is 6.84. The van der Waals surface area contributed by atoms with Crippen molar-refractivity contribution < 1.29 is 0 Å². The van der Waals surface area contributed by atoms with Gasteiger partial charge >= 0.3 is 0 Å². The highest BCUT2D eigenvalue weighted by Crippen LogP contribution is 2.43. The minimum absolute atomic E-state index is 0.764. The Morgan fingerprint density at radius 1 is 0.750 bits per heavy atom. The number of pyridine rings is 1. The lowest BCUT2D eigenvalue weighted by atomic mass is 10.0. The summed E-state index contributed by atoms with van der Waals surface area (Å²) in [5, 5.41) is 2.60.